The van der Waals surface area contributed by atoms with Crippen molar-refractivity contribution in [3.63, 3.8) is 0 Å². The van der Waals surface area contributed by atoms with E-state index in [9.17, 15) is 9.59 Å². The maximum absolute atomic E-state index is 11.3. The van der Waals surface area contributed by atoms with E-state index in [0.29, 0.717) is 0 Å². The van der Waals surface area contributed by atoms with Crippen LogP contribution in [0, 0.1) is 0 Å². The Hall–Kier alpha value is -1.37. The third kappa shape index (κ3) is 3.35. The molecule has 0 saturated carbocycles. The molecule has 0 aromatic carbocycles. The van der Waals surface area contributed by atoms with E-state index in [-0.39, 0.29) is 12.2 Å². The highest BCUT2D eigenvalue weighted by Crippen LogP contribution is 2.01. The Balaban J connectivity index is 2.38. The smallest absolute Gasteiger partial charge is 0.321 e. The van der Waals surface area contributed by atoms with Crippen molar-refractivity contribution in [3.05, 3.63) is 18.0 Å². The molecule has 0 saturated heterocycles. The Morgan fingerprint density at radius 2 is 2.47 bits per heavy atom. The van der Waals surface area contributed by atoms with Crippen molar-refractivity contribution >= 4 is 27.8 Å². The van der Waals surface area contributed by atoms with Crippen LogP contribution in [0.25, 0.3) is 0 Å². The lowest BCUT2D eigenvalue weighted by atomic mass is 10.3. The minimum atomic E-state index is -0.571. The molecular formula is C8H9BrN2O4. The summed E-state index contributed by atoms with van der Waals surface area (Å²) in [6.07, 6.45) is 1.29. The predicted octanol–water partition coefficient (Wildman–Crippen LogP) is 0.341. The summed E-state index contributed by atoms with van der Waals surface area (Å²) in [5, 5.41) is 5.93. The molecule has 1 amide bonds. The molecule has 0 radical (unpaired) electrons. The van der Waals surface area contributed by atoms with Crippen LogP contribution in [-0.2, 0) is 9.53 Å². The van der Waals surface area contributed by atoms with Crippen molar-refractivity contribution in [1.82, 2.24) is 10.5 Å². The second kappa shape index (κ2) is 5.50. The average Bonchev–Trinajstić information content (AvgIpc) is 2.77. The molecular weight excluding hydrogens is 268 g/mol. The first-order chi connectivity index (χ1) is 7.15. The van der Waals surface area contributed by atoms with Crippen LogP contribution in [0.4, 0.5) is 0 Å². The van der Waals surface area contributed by atoms with Crippen LogP contribution in [0.2, 0.25) is 0 Å². The molecule has 1 N–H and O–H groups in total. The molecule has 1 heterocycles. The summed E-state index contributed by atoms with van der Waals surface area (Å²) in [6, 6.07) is 1.43. The highest BCUT2D eigenvalue weighted by molar-refractivity contribution is 9.10. The highest BCUT2D eigenvalue weighted by atomic mass is 79.9. The maximum Gasteiger partial charge on any atom is 0.321 e. The van der Waals surface area contributed by atoms with Crippen LogP contribution in [0.5, 0.6) is 0 Å². The van der Waals surface area contributed by atoms with Crippen molar-refractivity contribution in [2.24, 2.45) is 0 Å². The van der Waals surface area contributed by atoms with Gasteiger partial charge in [-0.3, -0.25) is 9.59 Å². The van der Waals surface area contributed by atoms with E-state index < -0.39 is 16.7 Å². The van der Waals surface area contributed by atoms with Gasteiger partial charge in [-0.25, -0.2) is 0 Å². The number of hydrogen-bond donors (Lipinski definition) is 1. The molecule has 0 bridgehead atoms. The number of carbonyl (C=O) groups is 2. The molecule has 15 heavy (non-hydrogen) atoms. The third-order valence-electron chi connectivity index (χ3n) is 1.57. The van der Waals surface area contributed by atoms with Gasteiger partial charge in [-0.1, -0.05) is 21.1 Å². The molecule has 1 unspecified atom stereocenters. The first-order valence-corrected chi connectivity index (χ1v) is 4.97. The summed E-state index contributed by atoms with van der Waals surface area (Å²) < 4.78 is 8.96. The average molecular weight is 277 g/mol. The van der Waals surface area contributed by atoms with Crippen molar-refractivity contribution in [2.75, 3.05) is 13.7 Å². The Kier molecular flexibility index (Phi) is 4.29. The van der Waals surface area contributed by atoms with E-state index in [4.69, 9.17) is 0 Å². The lowest BCUT2D eigenvalue weighted by molar-refractivity contribution is -0.139. The number of halogens is 1. The summed E-state index contributed by atoms with van der Waals surface area (Å²) in [5.41, 5.74) is 0.166. The van der Waals surface area contributed by atoms with Gasteiger partial charge in [0.15, 0.2) is 5.69 Å². The lowest BCUT2D eigenvalue weighted by Crippen LogP contribution is -2.34. The number of carbonyl (C=O) groups excluding carboxylic acids is 2. The van der Waals surface area contributed by atoms with Gasteiger partial charge in [0.2, 0.25) is 0 Å². The van der Waals surface area contributed by atoms with Crippen molar-refractivity contribution in [1.29, 1.82) is 0 Å². The van der Waals surface area contributed by atoms with Crippen LogP contribution < -0.4 is 5.32 Å². The molecule has 0 aliphatic rings. The Labute approximate surface area is 94.1 Å². The molecule has 1 atom stereocenters. The molecule has 82 valence electrons. The van der Waals surface area contributed by atoms with Crippen LogP contribution in [0.3, 0.4) is 0 Å². The highest BCUT2D eigenvalue weighted by Gasteiger charge is 2.17. The van der Waals surface area contributed by atoms with Gasteiger partial charge in [0.1, 0.15) is 11.1 Å². The molecule has 0 aliphatic heterocycles. The largest absolute Gasteiger partial charge is 0.468 e. The number of nitrogens with one attached hydrogen (secondary N) is 1. The summed E-state index contributed by atoms with van der Waals surface area (Å²) in [7, 11) is 1.27. The number of alkyl halides is 1. The second-order valence-electron chi connectivity index (χ2n) is 2.59. The maximum atomic E-state index is 11.3. The fraction of sp³-hybridized carbons (Fsp3) is 0.375. The van der Waals surface area contributed by atoms with E-state index in [1.54, 1.807) is 0 Å². The first-order valence-electron chi connectivity index (χ1n) is 4.05. The molecule has 6 nitrogen and oxygen atoms in total. The van der Waals surface area contributed by atoms with E-state index >= 15 is 0 Å². The molecule has 1 aromatic heterocycles. The number of amides is 1. The van der Waals surface area contributed by atoms with Crippen molar-refractivity contribution in [2.45, 2.75) is 4.83 Å². The normalized spacial score (nSPS) is 11.9. The summed E-state index contributed by atoms with van der Waals surface area (Å²) in [5.74, 6) is -0.854. The van der Waals surface area contributed by atoms with E-state index in [1.165, 1.54) is 19.4 Å². The van der Waals surface area contributed by atoms with E-state index in [1.807, 2.05) is 0 Å². The number of aromatic nitrogens is 1. The zero-order valence-electron chi connectivity index (χ0n) is 7.90. The van der Waals surface area contributed by atoms with Crippen molar-refractivity contribution in [3.8, 4) is 0 Å². The lowest BCUT2D eigenvalue weighted by Gasteiger charge is -2.07. The topological polar surface area (TPSA) is 81.4 Å². The van der Waals surface area contributed by atoms with E-state index in [0.717, 1.165) is 0 Å². The molecule has 1 aromatic rings. The number of esters is 1. The molecule has 0 fully saturated rings. The number of rotatable bonds is 4. The van der Waals surface area contributed by atoms with Gasteiger partial charge in [0.05, 0.1) is 7.11 Å². The minimum absolute atomic E-state index is 0.123. The van der Waals surface area contributed by atoms with Crippen molar-refractivity contribution < 1.29 is 18.8 Å². The summed E-state index contributed by atoms with van der Waals surface area (Å²) in [6.45, 7) is 0.123. The quantitative estimate of drug-likeness (QED) is 0.634. The Bertz CT molecular complexity index is 338. The number of hydrogen-bond acceptors (Lipinski definition) is 5. The number of nitrogens with zero attached hydrogens (tertiary/aromatic N) is 1. The van der Waals surface area contributed by atoms with Crippen LogP contribution in [0.1, 0.15) is 10.5 Å². The van der Waals surface area contributed by atoms with Gasteiger partial charge < -0.3 is 14.6 Å². The predicted molar refractivity (Wildman–Crippen MR) is 53.6 cm³/mol. The van der Waals surface area contributed by atoms with Gasteiger partial charge in [-0.15, -0.1) is 0 Å². The monoisotopic (exact) mass is 276 g/mol. The van der Waals surface area contributed by atoms with Gasteiger partial charge in [0, 0.05) is 12.6 Å². The third-order valence-corrected chi connectivity index (χ3v) is 2.27. The Morgan fingerprint density at radius 3 is 3.00 bits per heavy atom. The summed E-state index contributed by atoms with van der Waals surface area (Å²) >= 11 is 3.06. The molecule has 1 rings (SSSR count). The van der Waals surface area contributed by atoms with Crippen LogP contribution in [0.15, 0.2) is 16.9 Å². The van der Waals surface area contributed by atoms with Gasteiger partial charge in [-0.2, -0.15) is 0 Å². The fourth-order valence-electron chi connectivity index (χ4n) is 0.814. The second-order valence-corrected chi connectivity index (χ2v) is 3.69. The molecule has 0 spiro atoms. The first kappa shape index (κ1) is 11.7. The van der Waals surface area contributed by atoms with Gasteiger partial charge in [0.25, 0.3) is 5.91 Å². The number of ether oxygens (including phenoxy) is 1. The van der Waals surface area contributed by atoms with E-state index in [2.05, 4.69) is 35.7 Å². The summed E-state index contributed by atoms with van der Waals surface area (Å²) in [4.78, 5) is 21.7. The van der Waals surface area contributed by atoms with Crippen LogP contribution in [-0.4, -0.2) is 35.5 Å². The SMILES string of the molecule is COC(=O)C(Br)CNC(=O)c1ccon1. The molecule has 0 aliphatic carbocycles. The van der Waals surface area contributed by atoms with Gasteiger partial charge >= 0.3 is 5.97 Å². The van der Waals surface area contributed by atoms with Crippen LogP contribution >= 0.6 is 15.9 Å². The zero-order chi connectivity index (χ0) is 11.3. The zero-order valence-corrected chi connectivity index (χ0v) is 9.48. The molecule has 7 heteroatoms. The Morgan fingerprint density at radius 1 is 1.73 bits per heavy atom. The fourth-order valence-corrected chi connectivity index (χ4v) is 1.16. The minimum Gasteiger partial charge on any atom is -0.468 e. The standard InChI is InChI=1S/C8H9BrN2O4/c1-14-8(13)5(9)4-10-7(12)6-2-3-15-11-6/h2-3,5H,4H2,1H3,(H,10,12). The number of methoxy groups -OCH3 is 1. The van der Waals surface area contributed by atoms with Gasteiger partial charge in [-0.05, 0) is 0 Å².